The van der Waals surface area contributed by atoms with Crippen LogP contribution >= 0.6 is 0 Å². The fourth-order valence-corrected chi connectivity index (χ4v) is 4.31. The van der Waals surface area contributed by atoms with E-state index in [0.717, 1.165) is 16.7 Å². The van der Waals surface area contributed by atoms with Gasteiger partial charge in [-0.05, 0) is 30.5 Å². The lowest BCUT2D eigenvalue weighted by molar-refractivity contribution is -0.682. The van der Waals surface area contributed by atoms with Crippen molar-refractivity contribution in [3.05, 3.63) is 132 Å². The van der Waals surface area contributed by atoms with Crippen molar-refractivity contribution in [3.63, 3.8) is 0 Å². The van der Waals surface area contributed by atoms with E-state index in [1.807, 2.05) is 42.5 Å². The third-order valence-electron chi connectivity index (χ3n) is 6.05. The number of imidazole rings is 1. The van der Waals surface area contributed by atoms with Gasteiger partial charge in [-0.3, -0.25) is 9.40 Å². The molecule has 37 heavy (non-hydrogen) atoms. The number of nitrogens with zero attached hydrogens (tertiary/aromatic N) is 4. The first-order valence-electron chi connectivity index (χ1n) is 12.1. The van der Waals surface area contributed by atoms with Crippen LogP contribution in [-0.2, 0) is 18.0 Å². The maximum atomic E-state index is 5.86. The van der Waals surface area contributed by atoms with Gasteiger partial charge in [0.05, 0.1) is 13.2 Å². The van der Waals surface area contributed by atoms with Crippen LogP contribution in [0.4, 0.5) is 5.82 Å². The lowest BCUT2D eigenvalue weighted by Gasteiger charge is -2.16. The molecule has 2 aromatic heterocycles. The van der Waals surface area contributed by atoms with Gasteiger partial charge in [-0.1, -0.05) is 108 Å². The lowest BCUT2D eigenvalue weighted by Crippen LogP contribution is -3.00. The Labute approximate surface area is 228 Å². The molecule has 0 bridgehead atoms. The second-order valence-electron chi connectivity index (χ2n) is 8.95. The summed E-state index contributed by atoms with van der Waals surface area (Å²) in [6.45, 7) is 5.34. The van der Waals surface area contributed by atoms with Crippen LogP contribution in [0.3, 0.4) is 0 Å². The monoisotopic (exact) mass is 555 g/mol. The van der Waals surface area contributed by atoms with Crippen LogP contribution in [0.2, 0.25) is 0 Å². The van der Waals surface area contributed by atoms with Crippen LogP contribution in [-0.4, -0.2) is 14.5 Å². The highest BCUT2D eigenvalue weighted by molar-refractivity contribution is 5.80. The van der Waals surface area contributed by atoms with Crippen LogP contribution in [0.15, 0.2) is 115 Å². The van der Waals surface area contributed by atoms with Crippen LogP contribution in [0.5, 0.6) is 0 Å². The summed E-state index contributed by atoms with van der Waals surface area (Å²) in [6.07, 6.45) is 5.92. The van der Waals surface area contributed by atoms with Crippen LogP contribution < -0.4 is 27.0 Å². The van der Waals surface area contributed by atoms with Crippen molar-refractivity contribution in [3.8, 4) is 0 Å². The van der Waals surface area contributed by atoms with Gasteiger partial charge >= 0.3 is 5.65 Å². The molecule has 7 heteroatoms. The molecule has 2 heterocycles. The van der Waals surface area contributed by atoms with Crippen molar-refractivity contribution in [2.45, 2.75) is 33.0 Å². The molecule has 0 aliphatic heterocycles. The standard InChI is InChI=1S/C30H30N5O.BrH/c1-23(2)18-19-34-22-35(27(25-14-8-4-9-15-25)26-16-10-5-11-17-26)30-28(34)29(31-21-32-30)33-36-20-24-12-6-3-7-13-24;/h3-18,21-22,27H,19-20H2,1-2H3,(H,31,32,33);1H/q+1;/p-1. The molecular formula is C30H30BrN5O. The number of aromatic nitrogens is 4. The Balaban J connectivity index is 0.00000320. The average Bonchev–Trinajstić information content (AvgIpc) is 3.28. The highest BCUT2D eigenvalue weighted by Gasteiger charge is 2.28. The topological polar surface area (TPSA) is 55.9 Å². The molecule has 0 atom stereocenters. The molecule has 188 valence electrons. The first-order valence-corrected chi connectivity index (χ1v) is 12.1. The predicted molar refractivity (Wildman–Crippen MR) is 142 cm³/mol. The van der Waals surface area contributed by atoms with E-state index in [0.29, 0.717) is 19.0 Å². The van der Waals surface area contributed by atoms with Gasteiger partial charge in [0.1, 0.15) is 6.04 Å². The predicted octanol–water partition coefficient (Wildman–Crippen LogP) is 2.87. The molecule has 0 amide bonds. The van der Waals surface area contributed by atoms with Crippen LogP contribution in [0.1, 0.15) is 36.6 Å². The summed E-state index contributed by atoms with van der Waals surface area (Å²) in [5.74, 6) is 0.636. The van der Waals surface area contributed by atoms with E-state index >= 15 is 0 Å². The number of rotatable bonds is 9. The summed E-state index contributed by atoms with van der Waals surface area (Å²) < 4.78 is 4.40. The number of hydrogen-bond acceptors (Lipinski definition) is 4. The number of hydrogen-bond donors (Lipinski definition) is 1. The van der Waals surface area contributed by atoms with Gasteiger partial charge < -0.3 is 17.0 Å². The molecule has 0 unspecified atom stereocenters. The summed E-state index contributed by atoms with van der Waals surface area (Å²) >= 11 is 0. The summed E-state index contributed by atoms with van der Waals surface area (Å²) in [6, 6.07) is 31.1. The third kappa shape index (κ3) is 6.13. The second kappa shape index (κ2) is 12.4. The Morgan fingerprint density at radius 2 is 1.49 bits per heavy atom. The van der Waals surface area contributed by atoms with Crippen molar-refractivity contribution in [2.24, 2.45) is 0 Å². The van der Waals surface area contributed by atoms with Crippen molar-refractivity contribution in [2.75, 3.05) is 5.48 Å². The average molecular weight is 557 g/mol. The largest absolute Gasteiger partial charge is 1.00 e. The zero-order valence-electron chi connectivity index (χ0n) is 21.0. The molecular weight excluding hydrogens is 526 g/mol. The molecule has 3 aromatic carbocycles. The van der Waals surface area contributed by atoms with Gasteiger partial charge in [0.25, 0.3) is 0 Å². The fraction of sp³-hybridized carbons (Fsp3) is 0.167. The van der Waals surface area contributed by atoms with E-state index < -0.39 is 0 Å². The zero-order valence-corrected chi connectivity index (χ0v) is 22.5. The fourth-order valence-electron chi connectivity index (χ4n) is 4.31. The van der Waals surface area contributed by atoms with E-state index in [2.05, 4.69) is 94.4 Å². The van der Waals surface area contributed by atoms with E-state index in [1.165, 1.54) is 16.7 Å². The van der Waals surface area contributed by atoms with Crippen molar-refractivity contribution >= 4 is 17.0 Å². The second-order valence-corrected chi connectivity index (χ2v) is 8.95. The number of halogens is 1. The molecule has 6 nitrogen and oxygen atoms in total. The van der Waals surface area contributed by atoms with Gasteiger partial charge in [-0.2, -0.15) is 4.98 Å². The minimum atomic E-state index is -0.0455. The Morgan fingerprint density at radius 3 is 2.08 bits per heavy atom. The first kappa shape index (κ1) is 26.3. The van der Waals surface area contributed by atoms with E-state index in [1.54, 1.807) is 6.33 Å². The molecule has 1 N–H and O–H groups in total. The highest BCUT2D eigenvalue weighted by atomic mass is 79.9. The van der Waals surface area contributed by atoms with Gasteiger partial charge in [-0.15, -0.1) is 0 Å². The van der Waals surface area contributed by atoms with Crippen molar-refractivity contribution in [1.82, 2.24) is 14.5 Å². The summed E-state index contributed by atoms with van der Waals surface area (Å²) in [7, 11) is 0. The molecule has 0 radical (unpaired) electrons. The zero-order chi connectivity index (χ0) is 24.7. The SMILES string of the molecule is CC(C)=CCn1c[n+](C(c2ccccc2)c2ccccc2)c2ncnc(NOCc3ccccc3)c21.[Br-]. The van der Waals surface area contributed by atoms with Gasteiger partial charge in [0.15, 0.2) is 18.5 Å². The van der Waals surface area contributed by atoms with E-state index in [9.17, 15) is 0 Å². The quantitative estimate of drug-likeness (QED) is 0.173. The molecule has 0 aliphatic rings. The minimum Gasteiger partial charge on any atom is -1.00 e. The smallest absolute Gasteiger partial charge is 0.308 e. The summed E-state index contributed by atoms with van der Waals surface area (Å²) in [5, 5.41) is 0. The molecule has 0 aliphatic carbocycles. The number of fused-ring (bicyclic) bond motifs is 1. The highest BCUT2D eigenvalue weighted by Crippen LogP contribution is 2.26. The van der Waals surface area contributed by atoms with Gasteiger partial charge in [0.2, 0.25) is 5.52 Å². The van der Waals surface area contributed by atoms with Gasteiger partial charge in [-0.25, -0.2) is 10.0 Å². The van der Waals surface area contributed by atoms with Crippen molar-refractivity contribution < 1.29 is 26.4 Å². The Bertz CT molecular complexity index is 1410. The molecule has 0 saturated carbocycles. The van der Waals surface area contributed by atoms with E-state index in [4.69, 9.17) is 9.82 Å². The van der Waals surface area contributed by atoms with Crippen LogP contribution in [0, 0.1) is 0 Å². The Hall–Kier alpha value is -3.81. The molecule has 5 aromatic rings. The Kier molecular flexibility index (Phi) is 8.82. The molecule has 5 rings (SSSR count). The summed E-state index contributed by atoms with van der Waals surface area (Å²) in [5.41, 5.74) is 9.51. The third-order valence-corrected chi connectivity index (χ3v) is 6.05. The van der Waals surface area contributed by atoms with Crippen molar-refractivity contribution in [1.29, 1.82) is 0 Å². The van der Waals surface area contributed by atoms with Crippen LogP contribution in [0.25, 0.3) is 11.2 Å². The number of benzene rings is 3. The maximum Gasteiger partial charge on any atom is 0.308 e. The Morgan fingerprint density at radius 1 is 0.892 bits per heavy atom. The minimum absolute atomic E-state index is 0. The first-order chi connectivity index (χ1) is 17.7. The summed E-state index contributed by atoms with van der Waals surface area (Å²) in [4.78, 5) is 15.1. The maximum absolute atomic E-state index is 5.86. The molecule has 0 saturated heterocycles. The lowest BCUT2D eigenvalue weighted by atomic mass is 9.98. The number of anilines is 1. The normalized spacial score (nSPS) is 10.8. The number of nitrogens with one attached hydrogen (secondary N) is 1. The van der Waals surface area contributed by atoms with Gasteiger partial charge in [0, 0.05) is 0 Å². The molecule has 0 spiro atoms. The number of allylic oxidation sites excluding steroid dienone is 2. The molecule has 0 fully saturated rings. The van der Waals surface area contributed by atoms with E-state index in [-0.39, 0.29) is 23.0 Å².